The van der Waals surface area contributed by atoms with Gasteiger partial charge in [0.15, 0.2) is 5.82 Å². The molecule has 29 heavy (non-hydrogen) atoms. The second kappa shape index (κ2) is 9.84. The Morgan fingerprint density at radius 3 is 2.66 bits per heavy atom. The highest BCUT2D eigenvalue weighted by Crippen LogP contribution is 2.17. The summed E-state index contributed by atoms with van der Waals surface area (Å²) in [7, 11) is 0. The van der Waals surface area contributed by atoms with Crippen molar-refractivity contribution in [2.24, 2.45) is 0 Å². The van der Waals surface area contributed by atoms with Crippen molar-refractivity contribution in [1.29, 1.82) is 0 Å². The van der Waals surface area contributed by atoms with Gasteiger partial charge >= 0.3 is 0 Å². The molecule has 1 heterocycles. The Bertz CT molecular complexity index is 983. The molecular formula is C22H25N3O4. The van der Waals surface area contributed by atoms with Crippen LogP contribution in [0.1, 0.15) is 29.5 Å². The topological polar surface area (TPSA) is 84.7 Å². The molecule has 0 aliphatic carbocycles. The maximum Gasteiger partial charge on any atom is 0.254 e. The van der Waals surface area contributed by atoms with Gasteiger partial charge in [-0.05, 0) is 43.2 Å². The van der Waals surface area contributed by atoms with Crippen molar-refractivity contribution in [2.45, 2.75) is 20.3 Å². The second-order valence-corrected chi connectivity index (χ2v) is 6.71. The largest absolute Gasteiger partial charge is 0.382 e. The first-order chi connectivity index (χ1) is 14.1. The third kappa shape index (κ3) is 5.65. The van der Waals surface area contributed by atoms with E-state index >= 15 is 0 Å². The monoisotopic (exact) mass is 395 g/mol. The minimum Gasteiger partial charge on any atom is -0.382 e. The van der Waals surface area contributed by atoms with E-state index in [1.807, 2.05) is 43.3 Å². The highest BCUT2D eigenvalue weighted by atomic mass is 16.5. The Morgan fingerprint density at radius 2 is 1.93 bits per heavy atom. The number of amides is 2. The average molecular weight is 395 g/mol. The van der Waals surface area contributed by atoms with Crippen molar-refractivity contribution < 1.29 is 18.8 Å². The maximum atomic E-state index is 13.1. The number of aryl methyl sites for hydroxylation is 1. The van der Waals surface area contributed by atoms with E-state index in [4.69, 9.17) is 9.26 Å². The molecule has 1 aromatic heterocycles. The van der Waals surface area contributed by atoms with Gasteiger partial charge in [0.1, 0.15) is 12.3 Å². The number of carbonyl (C=O) groups excluding carboxylic acids is 2. The summed E-state index contributed by atoms with van der Waals surface area (Å²) in [5.74, 6) is 0.406. The van der Waals surface area contributed by atoms with Gasteiger partial charge in [0, 0.05) is 31.4 Å². The molecule has 0 aliphatic rings. The lowest BCUT2D eigenvalue weighted by Crippen LogP contribution is -2.39. The number of rotatable bonds is 9. The van der Waals surface area contributed by atoms with Gasteiger partial charge in [-0.25, -0.2) is 0 Å². The molecule has 1 N–H and O–H groups in total. The van der Waals surface area contributed by atoms with Gasteiger partial charge in [-0.15, -0.1) is 0 Å². The van der Waals surface area contributed by atoms with Gasteiger partial charge in [-0.2, -0.15) is 0 Å². The summed E-state index contributed by atoms with van der Waals surface area (Å²) in [5.41, 5.74) is 0.546. The molecule has 0 unspecified atom stereocenters. The Balaban J connectivity index is 1.73. The lowest BCUT2D eigenvalue weighted by Gasteiger charge is -2.22. The van der Waals surface area contributed by atoms with Gasteiger partial charge in [-0.1, -0.05) is 35.5 Å². The Morgan fingerprint density at radius 1 is 1.14 bits per heavy atom. The van der Waals surface area contributed by atoms with Crippen LogP contribution in [0.4, 0.5) is 5.82 Å². The van der Waals surface area contributed by atoms with Crippen molar-refractivity contribution in [2.75, 3.05) is 31.6 Å². The van der Waals surface area contributed by atoms with Crippen LogP contribution in [0.25, 0.3) is 10.8 Å². The molecule has 3 rings (SSSR count). The number of carbonyl (C=O) groups is 2. The van der Waals surface area contributed by atoms with E-state index in [9.17, 15) is 9.59 Å². The number of benzene rings is 2. The molecule has 0 fully saturated rings. The van der Waals surface area contributed by atoms with E-state index < -0.39 is 0 Å². The number of nitrogens with one attached hydrogen (secondary N) is 1. The van der Waals surface area contributed by atoms with E-state index in [0.29, 0.717) is 43.3 Å². The van der Waals surface area contributed by atoms with Gasteiger partial charge in [-0.3, -0.25) is 9.59 Å². The van der Waals surface area contributed by atoms with Crippen molar-refractivity contribution in [1.82, 2.24) is 10.1 Å². The van der Waals surface area contributed by atoms with Gasteiger partial charge in [0.05, 0.1) is 0 Å². The molecule has 0 radical (unpaired) electrons. The number of fused-ring (bicyclic) bond motifs is 1. The first-order valence-corrected chi connectivity index (χ1v) is 9.66. The van der Waals surface area contributed by atoms with Crippen LogP contribution in [0.2, 0.25) is 0 Å². The summed E-state index contributed by atoms with van der Waals surface area (Å²) in [6.07, 6.45) is 0.642. The molecule has 7 heteroatoms. The quantitative estimate of drug-likeness (QED) is 0.559. The molecule has 0 saturated carbocycles. The molecule has 2 amide bonds. The van der Waals surface area contributed by atoms with Crippen molar-refractivity contribution in [3.63, 3.8) is 0 Å². The Hall–Kier alpha value is -3.19. The van der Waals surface area contributed by atoms with Crippen LogP contribution in [0.15, 0.2) is 53.1 Å². The number of nitrogens with zero attached hydrogens (tertiary/aromatic N) is 2. The molecule has 0 saturated heterocycles. The number of aromatic nitrogens is 1. The van der Waals surface area contributed by atoms with Crippen LogP contribution in [-0.2, 0) is 9.53 Å². The van der Waals surface area contributed by atoms with Crippen LogP contribution in [0.3, 0.4) is 0 Å². The van der Waals surface area contributed by atoms with Crippen LogP contribution >= 0.6 is 0 Å². The van der Waals surface area contributed by atoms with Gasteiger partial charge in [0.2, 0.25) is 5.91 Å². The number of hydrogen-bond donors (Lipinski definition) is 1. The zero-order valence-electron chi connectivity index (χ0n) is 16.7. The maximum absolute atomic E-state index is 13.1. The lowest BCUT2D eigenvalue weighted by molar-refractivity contribution is -0.117. The SMILES string of the molecule is CCOCCCN(CC(=O)Nc1cc(C)on1)C(=O)c1ccc2ccccc2c1. The predicted octanol–water partition coefficient (Wildman–Crippen LogP) is 3.64. The fourth-order valence-electron chi connectivity index (χ4n) is 3.04. The summed E-state index contributed by atoms with van der Waals surface area (Å²) in [6.45, 7) is 5.14. The van der Waals surface area contributed by atoms with Crippen molar-refractivity contribution >= 4 is 28.4 Å². The van der Waals surface area contributed by atoms with Crippen LogP contribution in [-0.4, -0.2) is 48.2 Å². The zero-order valence-corrected chi connectivity index (χ0v) is 16.7. The van der Waals surface area contributed by atoms with Gasteiger partial charge < -0.3 is 19.5 Å². The molecule has 3 aromatic rings. The third-order valence-electron chi connectivity index (χ3n) is 4.43. The number of ether oxygens (including phenoxy) is 1. The first-order valence-electron chi connectivity index (χ1n) is 9.66. The lowest BCUT2D eigenvalue weighted by atomic mass is 10.1. The smallest absolute Gasteiger partial charge is 0.254 e. The molecule has 0 bridgehead atoms. The standard InChI is InChI=1S/C22H25N3O4/c1-3-28-12-6-11-25(15-21(26)23-20-13-16(2)29-24-20)22(27)19-10-9-17-7-4-5-8-18(17)14-19/h4-5,7-10,13-14H,3,6,11-12,15H2,1-2H3,(H,23,24,26). The predicted molar refractivity (Wildman–Crippen MR) is 111 cm³/mol. The van der Waals surface area contributed by atoms with E-state index in [0.717, 1.165) is 10.8 Å². The summed E-state index contributed by atoms with van der Waals surface area (Å²) in [6, 6.07) is 15.0. The van der Waals surface area contributed by atoms with Crippen molar-refractivity contribution in [3.05, 3.63) is 59.9 Å². The minimum atomic E-state index is -0.330. The highest BCUT2D eigenvalue weighted by molar-refractivity contribution is 6.01. The van der Waals surface area contributed by atoms with Crippen LogP contribution in [0.5, 0.6) is 0 Å². The summed E-state index contributed by atoms with van der Waals surface area (Å²) >= 11 is 0. The third-order valence-corrected chi connectivity index (χ3v) is 4.43. The average Bonchev–Trinajstić information content (AvgIpc) is 3.13. The number of hydrogen-bond acceptors (Lipinski definition) is 5. The Labute approximate surface area is 169 Å². The summed E-state index contributed by atoms with van der Waals surface area (Å²) in [5, 5.41) is 8.46. The highest BCUT2D eigenvalue weighted by Gasteiger charge is 2.20. The van der Waals surface area contributed by atoms with Crippen LogP contribution in [0, 0.1) is 6.92 Å². The molecule has 2 aromatic carbocycles. The van der Waals surface area contributed by atoms with E-state index in [1.165, 1.54) is 4.90 Å². The van der Waals surface area contributed by atoms with Crippen molar-refractivity contribution in [3.8, 4) is 0 Å². The number of anilines is 1. The first kappa shape index (κ1) is 20.5. The molecule has 152 valence electrons. The van der Waals surface area contributed by atoms with E-state index in [-0.39, 0.29) is 18.4 Å². The second-order valence-electron chi connectivity index (χ2n) is 6.71. The summed E-state index contributed by atoms with van der Waals surface area (Å²) in [4.78, 5) is 27.1. The molecule has 0 atom stereocenters. The fourth-order valence-corrected chi connectivity index (χ4v) is 3.04. The Kier molecular flexibility index (Phi) is 6.97. The van der Waals surface area contributed by atoms with Gasteiger partial charge in [0.25, 0.3) is 5.91 Å². The van der Waals surface area contributed by atoms with Crippen LogP contribution < -0.4 is 5.32 Å². The summed E-state index contributed by atoms with van der Waals surface area (Å²) < 4.78 is 10.3. The molecule has 0 aliphatic heterocycles. The minimum absolute atomic E-state index is 0.0797. The normalized spacial score (nSPS) is 10.8. The molecule has 0 spiro atoms. The zero-order chi connectivity index (χ0) is 20.6. The molecule has 7 nitrogen and oxygen atoms in total. The van der Waals surface area contributed by atoms with E-state index in [2.05, 4.69) is 10.5 Å². The molecular weight excluding hydrogens is 370 g/mol. The fraction of sp³-hybridized carbons (Fsp3) is 0.318. The van der Waals surface area contributed by atoms with E-state index in [1.54, 1.807) is 19.1 Å².